The standard InChI is InChI=1S/C14H17NO2S/c1-18-12-4-2-3-11(13(12)14(16)17)15-8-9-5-6-10(15)7-9/h2-4,9-10H,5-8H2,1H3,(H,16,17). The van der Waals surface area contributed by atoms with Crippen LogP contribution in [0, 0.1) is 5.92 Å². The highest BCUT2D eigenvalue weighted by Gasteiger charge is 2.39. The van der Waals surface area contributed by atoms with Crippen LogP contribution in [0.4, 0.5) is 5.69 Å². The van der Waals surface area contributed by atoms with Crippen LogP contribution in [0.3, 0.4) is 0 Å². The smallest absolute Gasteiger partial charge is 0.338 e. The molecule has 1 aliphatic carbocycles. The molecule has 1 aromatic carbocycles. The number of piperidine rings is 1. The first kappa shape index (κ1) is 11.9. The van der Waals surface area contributed by atoms with Gasteiger partial charge >= 0.3 is 5.97 Å². The van der Waals surface area contributed by atoms with Gasteiger partial charge in [0.25, 0.3) is 0 Å². The summed E-state index contributed by atoms with van der Waals surface area (Å²) in [6, 6.07) is 6.39. The van der Waals surface area contributed by atoms with Crippen molar-refractivity contribution >= 4 is 23.4 Å². The predicted molar refractivity (Wildman–Crippen MR) is 73.7 cm³/mol. The molecular weight excluding hydrogens is 246 g/mol. The van der Waals surface area contributed by atoms with Crippen LogP contribution in [0.1, 0.15) is 29.6 Å². The second kappa shape index (κ2) is 4.50. The van der Waals surface area contributed by atoms with Crippen molar-refractivity contribution in [1.29, 1.82) is 0 Å². The fourth-order valence-electron chi connectivity index (χ4n) is 3.36. The molecule has 1 aromatic rings. The summed E-state index contributed by atoms with van der Waals surface area (Å²) < 4.78 is 0. The van der Waals surface area contributed by atoms with Crippen LogP contribution in [0.5, 0.6) is 0 Å². The summed E-state index contributed by atoms with van der Waals surface area (Å²) in [6.07, 6.45) is 5.70. The number of benzene rings is 1. The zero-order valence-corrected chi connectivity index (χ0v) is 11.2. The molecule has 2 bridgehead atoms. The van der Waals surface area contributed by atoms with E-state index in [-0.39, 0.29) is 0 Å². The highest BCUT2D eigenvalue weighted by Crippen LogP contribution is 2.42. The van der Waals surface area contributed by atoms with E-state index in [1.54, 1.807) is 0 Å². The maximum atomic E-state index is 11.5. The van der Waals surface area contributed by atoms with Gasteiger partial charge in [0.15, 0.2) is 0 Å². The lowest BCUT2D eigenvalue weighted by molar-refractivity contribution is 0.0693. The molecule has 1 saturated carbocycles. The molecule has 4 heteroatoms. The fourth-order valence-corrected chi connectivity index (χ4v) is 3.97. The first-order valence-electron chi connectivity index (χ1n) is 6.37. The number of aromatic carboxylic acids is 1. The first-order valence-corrected chi connectivity index (χ1v) is 7.60. The van der Waals surface area contributed by atoms with Gasteiger partial charge in [0.2, 0.25) is 0 Å². The lowest BCUT2D eigenvalue weighted by Crippen LogP contribution is -2.33. The van der Waals surface area contributed by atoms with Crippen LogP contribution in [0.25, 0.3) is 0 Å². The molecule has 0 radical (unpaired) electrons. The number of rotatable bonds is 3. The number of carboxylic acid groups (broad SMARTS) is 1. The van der Waals surface area contributed by atoms with Gasteiger partial charge in [-0.3, -0.25) is 0 Å². The minimum Gasteiger partial charge on any atom is -0.478 e. The number of carboxylic acids is 1. The molecule has 1 aliphatic heterocycles. The van der Waals surface area contributed by atoms with Crippen LogP contribution in [-0.4, -0.2) is 29.9 Å². The van der Waals surface area contributed by atoms with Crippen LogP contribution < -0.4 is 4.90 Å². The van der Waals surface area contributed by atoms with Crippen molar-refractivity contribution in [1.82, 2.24) is 0 Å². The number of hydrogen-bond donors (Lipinski definition) is 1. The first-order chi connectivity index (χ1) is 8.70. The van der Waals surface area contributed by atoms with Crippen LogP contribution in [0.15, 0.2) is 23.1 Å². The van der Waals surface area contributed by atoms with Gasteiger partial charge in [0, 0.05) is 17.5 Å². The molecule has 18 heavy (non-hydrogen) atoms. The summed E-state index contributed by atoms with van der Waals surface area (Å²) in [4.78, 5) is 14.7. The highest BCUT2D eigenvalue weighted by atomic mass is 32.2. The Labute approximate surface area is 111 Å². The SMILES string of the molecule is CSc1cccc(N2CC3CCC2C3)c1C(=O)O. The van der Waals surface area contributed by atoms with Gasteiger partial charge in [0.05, 0.1) is 11.3 Å². The molecule has 1 heterocycles. The largest absolute Gasteiger partial charge is 0.478 e. The number of fused-ring (bicyclic) bond motifs is 2. The van der Waals surface area contributed by atoms with E-state index in [0.29, 0.717) is 11.6 Å². The normalized spacial score (nSPS) is 25.7. The fraction of sp³-hybridized carbons (Fsp3) is 0.500. The monoisotopic (exact) mass is 263 g/mol. The van der Waals surface area contributed by atoms with Crippen molar-refractivity contribution < 1.29 is 9.90 Å². The summed E-state index contributed by atoms with van der Waals surface area (Å²) in [7, 11) is 0. The number of hydrogen-bond acceptors (Lipinski definition) is 3. The zero-order chi connectivity index (χ0) is 12.7. The van der Waals surface area contributed by atoms with Gasteiger partial charge in [-0.25, -0.2) is 4.79 Å². The second-order valence-corrected chi connectivity index (χ2v) is 5.99. The predicted octanol–water partition coefficient (Wildman–Crippen LogP) is 3.10. The van der Waals surface area contributed by atoms with E-state index in [9.17, 15) is 9.90 Å². The Hall–Kier alpha value is -1.16. The van der Waals surface area contributed by atoms with E-state index in [2.05, 4.69) is 4.90 Å². The van der Waals surface area contributed by atoms with Crippen molar-refractivity contribution in [3.8, 4) is 0 Å². The molecule has 0 amide bonds. The molecule has 2 fully saturated rings. The average molecular weight is 263 g/mol. The summed E-state index contributed by atoms with van der Waals surface area (Å²) in [5, 5.41) is 9.47. The Morgan fingerprint density at radius 3 is 2.83 bits per heavy atom. The number of carbonyl (C=O) groups is 1. The quantitative estimate of drug-likeness (QED) is 0.851. The van der Waals surface area contributed by atoms with Crippen LogP contribution in [0.2, 0.25) is 0 Å². The van der Waals surface area contributed by atoms with Gasteiger partial charge in [-0.05, 0) is 43.6 Å². The minimum absolute atomic E-state index is 0.484. The number of anilines is 1. The maximum Gasteiger partial charge on any atom is 0.338 e. The molecule has 0 spiro atoms. The Balaban J connectivity index is 2.03. The summed E-state index contributed by atoms with van der Waals surface area (Å²) >= 11 is 1.51. The van der Waals surface area contributed by atoms with E-state index >= 15 is 0 Å². The summed E-state index contributed by atoms with van der Waals surface area (Å²) in [6.45, 7) is 1.03. The van der Waals surface area contributed by atoms with E-state index in [1.165, 1.54) is 31.0 Å². The number of nitrogens with zero attached hydrogens (tertiary/aromatic N) is 1. The van der Waals surface area contributed by atoms with Gasteiger partial charge < -0.3 is 10.0 Å². The highest BCUT2D eigenvalue weighted by molar-refractivity contribution is 7.98. The van der Waals surface area contributed by atoms with Crippen molar-refractivity contribution in [2.75, 3.05) is 17.7 Å². The van der Waals surface area contributed by atoms with Gasteiger partial charge in [-0.15, -0.1) is 11.8 Å². The number of thioether (sulfide) groups is 1. The molecule has 2 aliphatic rings. The molecular formula is C14H17NO2S. The molecule has 0 aromatic heterocycles. The van der Waals surface area contributed by atoms with E-state index < -0.39 is 5.97 Å². The molecule has 2 atom stereocenters. The van der Waals surface area contributed by atoms with Gasteiger partial charge in [0.1, 0.15) is 0 Å². The van der Waals surface area contributed by atoms with Crippen LogP contribution >= 0.6 is 11.8 Å². The maximum absolute atomic E-state index is 11.5. The molecule has 1 saturated heterocycles. The summed E-state index contributed by atoms with van der Waals surface area (Å²) in [5.41, 5.74) is 1.40. The third-order valence-corrected chi connectivity index (χ3v) is 4.94. The Bertz CT molecular complexity index is 489. The zero-order valence-electron chi connectivity index (χ0n) is 10.4. The molecule has 1 N–H and O–H groups in total. The van der Waals surface area contributed by atoms with E-state index in [0.717, 1.165) is 23.0 Å². The topological polar surface area (TPSA) is 40.5 Å². The lowest BCUT2D eigenvalue weighted by Gasteiger charge is -2.30. The Morgan fingerprint density at radius 2 is 2.28 bits per heavy atom. The minimum atomic E-state index is -0.808. The van der Waals surface area contributed by atoms with E-state index in [1.807, 2.05) is 24.5 Å². The van der Waals surface area contributed by atoms with Crippen molar-refractivity contribution in [3.05, 3.63) is 23.8 Å². The van der Waals surface area contributed by atoms with E-state index in [4.69, 9.17) is 0 Å². The van der Waals surface area contributed by atoms with Gasteiger partial charge in [-0.1, -0.05) is 6.07 Å². The van der Waals surface area contributed by atoms with Gasteiger partial charge in [-0.2, -0.15) is 0 Å². The van der Waals surface area contributed by atoms with Crippen molar-refractivity contribution in [2.45, 2.75) is 30.2 Å². The third-order valence-electron chi connectivity index (χ3n) is 4.16. The molecule has 3 rings (SSSR count). The Morgan fingerprint density at radius 1 is 1.44 bits per heavy atom. The summed E-state index contributed by atoms with van der Waals surface area (Å²) in [5.74, 6) is -0.0349. The average Bonchev–Trinajstić information content (AvgIpc) is 2.99. The molecule has 2 unspecified atom stereocenters. The van der Waals surface area contributed by atoms with Crippen molar-refractivity contribution in [3.63, 3.8) is 0 Å². The lowest BCUT2D eigenvalue weighted by atomic mass is 10.1. The molecule has 3 nitrogen and oxygen atoms in total. The Kier molecular flexibility index (Phi) is 2.98. The second-order valence-electron chi connectivity index (χ2n) is 5.14. The van der Waals surface area contributed by atoms with Crippen molar-refractivity contribution in [2.24, 2.45) is 5.92 Å². The molecule has 96 valence electrons. The van der Waals surface area contributed by atoms with Crippen LogP contribution in [-0.2, 0) is 0 Å². The third kappa shape index (κ3) is 1.79.